The molecule has 0 amide bonds. The van der Waals surface area contributed by atoms with Crippen LogP contribution in [-0.4, -0.2) is 4.57 Å². The second-order valence-corrected chi connectivity index (χ2v) is 14.5. The number of fused-ring (bicyclic) bond motifs is 9. The molecular formula is C48H30N2S. The van der Waals surface area contributed by atoms with Crippen molar-refractivity contribution >= 4 is 103 Å². The Morgan fingerprint density at radius 1 is 0.373 bits per heavy atom. The van der Waals surface area contributed by atoms with Gasteiger partial charge in [0.05, 0.1) is 16.7 Å². The summed E-state index contributed by atoms with van der Waals surface area (Å²) in [5.74, 6) is 0. The second-order valence-electron chi connectivity index (χ2n) is 13.4. The maximum atomic E-state index is 2.47. The summed E-state index contributed by atoms with van der Waals surface area (Å²) in [6, 6.07) is 66.9. The predicted molar refractivity (Wildman–Crippen MR) is 221 cm³/mol. The van der Waals surface area contributed by atoms with Gasteiger partial charge in [-0.15, -0.1) is 11.3 Å². The molecule has 11 rings (SSSR count). The molecule has 2 aromatic heterocycles. The van der Waals surface area contributed by atoms with Gasteiger partial charge in [0, 0.05) is 48.0 Å². The third kappa shape index (κ3) is 4.42. The molecule has 0 aliphatic rings. The maximum absolute atomic E-state index is 2.47. The van der Waals surface area contributed by atoms with Crippen molar-refractivity contribution in [3.05, 3.63) is 182 Å². The lowest BCUT2D eigenvalue weighted by Crippen LogP contribution is -2.10. The molecule has 0 aliphatic heterocycles. The van der Waals surface area contributed by atoms with E-state index in [1.807, 2.05) is 11.3 Å². The molecule has 238 valence electrons. The summed E-state index contributed by atoms with van der Waals surface area (Å²) in [6.45, 7) is 0. The Labute approximate surface area is 298 Å². The lowest BCUT2D eigenvalue weighted by Gasteiger charge is -2.27. The van der Waals surface area contributed by atoms with Gasteiger partial charge in [-0.05, 0) is 111 Å². The molecule has 0 bridgehead atoms. The minimum absolute atomic E-state index is 1.13. The maximum Gasteiger partial charge on any atom is 0.0554 e. The average Bonchev–Trinajstić information content (AvgIpc) is 3.71. The quantitative estimate of drug-likeness (QED) is 0.181. The molecule has 9 aromatic carbocycles. The van der Waals surface area contributed by atoms with Crippen molar-refractivity contribution in [1.29, 1.82) is 0 Å². The van der Waals surface area contributed by atoms with E-state index in [0.717, 1.165) is 17.1 Å². The van der Waals surface area contributed by atoms with Gasteiger partial charge in [0.2, 0.25) is 0 Å². The highest BCUT2D eigenvalue weighted by atomic mass is 32.1. The number of nitrogens with zero attached hydrogens (tertiary/aromatic N) is 2. The third-order valence-corrected chi connectivity index (χ3v) is 11.6. The zero-order valence-corrected chi connectivity index (χ0v) is 28.4. The number of thiophene rings is 1. The first-order valence-corrected chi connectivity index (χ1v) is 18.2. The summed E-state index contributed by atoms with van der Waals surface area (Å²) < 4.78 is 5.01. The van der Waals surface area contributed by atoms with Crippen LogP contribution in [-0.2, 0) is 0 Å². The molecule has 0 radical (unpaired) electrons. The molecule has 0 unspecified atom stereocenters. The first-order valence-electron chi connectivity index (χ1n) is 17.4. The number of hydrogen-bond donors (Lipinski definition) is 0. The van der Waals surface area contributed by atoms with Crippen LogP contribution in [0.4, 0.5) is 17.1 Å². The number of hydrogen-bond acceptors (Lipinski definition) is 2. The van der Waals surface area contributed by atoms with Crippen molar-refractivity contribution in [3.63, 3.8) is 0 Å². The summed E-state index contributed by atoms with van der Waals surface area (Å²) in [4.78, 5) is 2.47. The summed E-state index contributed by atoms with van der Waals surface area (Å²) in [5, 5.41) is 12.5. The molecule has 2 nitrogen and oxygen atoms in total. The summed E-state index contributed by atoms with van der Waals surface area (Å²) in [5.41, 5.74) is 7.01. The van der Waals surface area contributed by atoms with Crippen LogP contribution in [0.5, 0.6) is 0 Å². The van der Waals surface area contributed by atoms with Gasteiger partial charge in [0.15, 0.2) is 0 Å². The lowest BCUT2D eigenvalue weighted by molar-refractivity contribution is 1.18. The van der Waals surface area contributed by atoms with E-state index in [1.165, 1.54) is 80.0 Å². The van der Waals surface area contributed by atoms with Gasteiger partial charge in [0.25, 0.3) is 0 Å². The van der Waals surface area contributed by atoms with Crippen LogP contribution in [0.25, 0.3) is 80.0 Å². The van der Waals surface area contributed by atoms with Crippen molar-refractivity contribution in [1.82, 2.24) is 4.57 Å². The molecule has 0 saturated carbocycles. The Bertz CT molecular complexity index is 3150. The molecule has 0 N–H and O–H groups in total. The van der Waals surface area contributed by atoms with Crippen LogP contribution in [0.15, 0.2) is 182 Å². The molecule has 0 spiro atoms. The average molecular weight is 667 g/mol. The van der Waals surface area contributed by atoms with Gasteiger partial charge >= 0.3 is 0 Å². The van der Waals surface area contributed by atoms with E-state index < -0.39 is 0 Å². The number of rotatable bonds is 4. The second kappa shape index (κ2) is 11.0. The van der Waals surface area contributed by atoms with Crippen LogP contribution in [0.1, 0.15) is 0 Å². The predicted octanol–water partition coefficient (Wildman–Crippen LogP) is 14.1. The highest BCUT2D eigenvalue weighted by Gasteiger charge is 2.21. The van der Waals surface area contributed by atoms with Gasteiger partial charge in [-0.1, -0.05) is 103 Å². The van der Waals surface area contributed by atoms with Crippen LogP contribution in [0.3, 0.4) is 0 Å². The molecule has 2 heterocycles. The van der Waals surface area contributed by atoms with Crippen LogP contribution in [0, 0.1) is 0 Å². The molecule has 0 saturated heterocycles. The first kappa shape index (κ1) is 28.4. The van der Waals surface area contributed by atoms with E-state index in [9.17, 15) is 0 Å². The molecule has 0 atom stereocenters. The van der Waals surface area contributed by atoms with Gasteiger partial charge < -0.3 is 9.47 Å². The smallest absolute Gasteiger partial charge is 0.0554 e. The molecule has 0 aliphatic carbocycles. The van der Waals surface area contributed by atoms with E-state index in [1.54, 1.807) is 0 Å². The van der Waals surface area contributed by atoms with Gasteiger partial charge in [0.1, 0.15) is 0 Å². The number of para-hydroxylation sites is 1. The fraction of sp³-hybridized carbons (Fsp3) is 0. The fourth-order valence-electron chi connectivity index (χ4n) is 8.11. The minimum Gasteiger partial charge on any atom is -0.310 e. The van der Waals surface area contributed by atoms with Crippen LogP contribution >= 0.6 is 11.3 Å². The van der Waals surface area contributed by atoms with Gasteiger partial charge in [-0.2, -0.15) is 0 Å². The van der Waals surface area contributed by atoms with E-state index >= 15 is 0 Å². The Hall–Kier alpha value is -6.42. The Morgan fingerprint density at radius 3 is 1.73 bits per heavy atom. The Morgan fingerprint density at radius 2 is 0.961 bits per heavy atom. The third-order valence-electron chi connectivity index (χ3n) is 10.5. The van der Waals surface area contributed by atoms with Crippen molar-refractivity contribution < 1.29 is 0 Å². The molecule has 0 fully saturated rings. The van der Waals surface area contributed by atoms with Crippen LogP contribution < -0.4 is 4.90 Å². The molecule has 3 heteroatoms. The van der Waals surface area contributed by atoms with Crippen LogP contribution in [0.2, 0.25) is 0 Å². The van der Waals surface area contributed by atoms with Gasteiger partial charge in [-0.3, -0.25) is 0 Å². The van der Waals surface area contributed by atoms with E-state index in [2.05, 4.69) is 191 Å². The summed E-state index contributed by atoms with van der Waals surface area (Å²) >= 11 is 1.88. The fourth-order valence-corrected chi connectivity index (χ4v) is 9.27. The summed E-state index contributed by atoms with van der Waals surface area (Å²) in [6.07, 6.45) is 0. The van der Waals surface area contributed by atoms with Crippen molar-refractivity contribution in [3.8, 4) is 5.69 Å². The van der Waals surface area contributed by atoms with E-state index in [4.69, 9.17) is 0 Å². The lowest BCUT2D eigenvalue weighted by atomic mass is 10.0. The number of benzene rings is 9. The molecular weight excluding hydrogens is 637 g/mol. The van der Waals surface area contributed by atoms with Crippen molar-refractivity contribution in [2.75, 3.05) is 4.90 Å². The minimum atomic E-state index is 1.13. The number of aromatic nitrogens is 1. The van der Waals surface area contributed by atoms with E-state index in [0.29, 0.717) is 0 Å². The van der Waals surface area contributed by atoms with Crippen molar-refractivity contribution in [2.45, 2.75) is 0 Å². The molecule has 51 heavy (non-hydrogen) atoms. The topological polar surface area (TPSA) is 8.17 Å². The monoisotopic (exact) mass is 666 g/mol. The molecule has 11 aromatic rings. The largest absolute Gasteiger partial charge is 0.310 e. The highest BCUT2D eigenvalue weighted by Crippen LogP contribution is 2.47. The zero-order chi connectivity index (χ0) is 33.5. The normalized spacial score (nSPS) is 11.9. The Kier molecular flexibility index (Phi) is 6.16. The Balaban J connectivity index is 1.23. The standard InChI is InChI=1S/C48H30N2S/c1-2-17-37(18-3-1)50-43-24-23-39(30-41(43)40-26-33-13-6-8-15-35(33)28-45(40)50)49(38-22-21-31-11-4-5-12-32(31)25-38)44-19-10-20-46-48(44)42-27-34-14-7-9-16-36(34)29-47(42)51-46/h1-30H. The SMILES string of the molecule is c1ccc(-n2c3ccc(N(c4ccc5ccccc5c4)c4cccc5sc6cc7ccccc7cc6c45)cc3c3cc4ccccc4cc32)cc1. The number of anilines is 3. The van der Waals surface area contributed by atoms with E-state index in [-0.39, 0.29) is 0 Å². The zero-order valence-electron chi connectivity index (χ0n) is 27.6. The first-order chi connectivity index (χ1) is 25.3. The highest BCUT2D eigenvalue weighted by molar-refractivity contribution is 7.26. The van der Waals surface area contributed by atoms with Crippen molar-refractivity contribution in [2.24, 2.45) is 0 Å². The van der Waals surface area contributed by atoms with Gasteiger partial charge in [-0.25, -0.2) is 0 Å². The summed E-state index contributed by atoms with van der Waals surface area (Å²) in [7, 11) is 0.